The van der Waals surface area contributed by atoms with Crippen LogP contribution < -0.4 is 0 Å². The summed E-state index contributed by atoms with van der Waals surface area (Å²) in [5.74, 6) is -0.441. The van der Waals surface area contributed by atoms with E-state index in [0.29, 0.717) is 5.92 Å². The van der Waals surface area contributed by atoms with Crippen LogP contribution >= 0.6 is 0 Å². The van der Waals surface area contributed by atoms with Crippen LogP contribution in [0.1, 0.15) is 44.9 Å². The maximum Gasteiger partial charge on any atom is 0.326 e. The Morgan fingerprint density at radius 2 is 1.71 bits per heavy atom. The maximum absolute atomic E-state index is 12.8. The fraction of sp³-hybridized carbons (Fsp3) is 0.867. The van der Waals surface area contributed by atoms with Crippen molar-refractivity contribution in [3.63, 3.8) is 0 Å². The largest absolute Gasteiger partial charge is 0.480 e. The lowest BCUT2D eigenvalue weighted by molar-refractivity contribution is -0.141. The van der Waals surface area contributed by atoms with Gasteiger partial charge in [-0.1, -0.05) is 12.8 Å². The highest BCUT2D eigenvalue weighted by molar-refractivity contribution is 5.84. The van der Waals surface area contributed by atoms with Gasteiger partial charge in [0.05, 0.1) is 6.10 Å². The molecule has 1 saturated carbocycles. The molecule has 0 aromatic rings. The van der Waals surface area contributed by atoms with Gasteiger partial charge in [-0.2, -0.15) is 0 Å². The molecule has 1 aliphatic carbocycles. The monoisotopic (exact) mass is 296 g/mol. The molecule has 3 unspecified atom stereocenters. The van der Waals surface area contributed by atoms with E-state index in [-0.39, 0.29) is 25.0 Å². The summed E-state index contributed by atoms with van der Waals surface area (Å²) >= 11 is 0. The number of carbonyl (C=O) groups is 2. The Bertz CT molecular complexity index is 422. The van der Waals surface area contributed by atoms with Crippen LogP contribution in [0, 0.1) is 5.92 Å². The maximum atomic E-state index is 12.8. The molecule has 2 saturated heterocycles. The van der Waals surface area contributed by atoms with Crippen LogP contribution in [0.2, 0.25) is 0 Å². The van der Waals surface area contributed by atoms with Gasteiger partial charge in [0.15, 0.2) is 0 Å². The van der Waals surface area contributed by atoms with E-state index in [0.717, 1.165) is 19.4 Å². The molecule has 2 heterocycles. The first kappa shape index (κ1) is 14.6. The number of amides is 2. The number of hydrogen-bond acceptors (Lipinski definition) is 3. The number of aliphatic hydroxyl groups is 1. The fourth-order valence-corrected chi connectivity index (χ4v) is 4.29. The molecule has 0 bridgehead atoms. The minimum absolute atomic E-state index is 0.142. The number of likely N-dealkylation sites (tertiary alicyclic amines) is 2. The van der Waals surface area contributed by atoms with E-state index < -0.39 is 18.1 Å². The molecule has 2 N–H and O–H groups in total. The topological polar surface area (TPSA) is 81.1 Å². The molecule has 0 aromatic carbocycles. The van der Waals surface area contributed by atoms with Crippen LogP contribution in [0.3, 0.4) is 0 Å². The summed E-state index contributed by atoms with van der Waals surface area (Å²) in [5, 5.41) is 19.0. The summed E-state index contributed by atoms with van der Waals surface area (Å²) in [6, 6.07) is -0.794. The van der Waals surface area contributed by atoms with Gasteiger partial charge >= 0.3 is 12.0 Å². The average molecular weight is 296 g/mol. The molecule has 2 amide bonds. The van der Waals surface area contributed by atoms with E-state index in [9.17, 15) is 19.8 Å². The molecule has 21 heavy (non-hydrogen) atoms. The van der Waals surface area contributed by atoms with E-state index in [2.05, 4.69) is 0 Å². The molecule has 3 atom stereocenters. The van der Waals surface area contributed by atoms with Gasteiger partial charge in [0.1, 0.15) is 6.04 Å². The third-order valence-electron chi connectivity index (χ3n) is 5.30. The molecule has 3 rings (SSSR count). The predicted octanol–water partition coefficient (Wildman–Crippen LogP) is 1.28. The highest BCUT2D eigenvalue weighted by Crippen LogP contribution is 2.36. The summed E-state index contributed by atoms with van der Waals surface area (Å²) in [4.78, 5) is 27.3. The third-order valence-corrected chi connectivity index (χ3v) is 5.30. The third kappa shape index (κ3) is 2.73. The lowest BCUT2D eigenvalue weighted by Gasteiger charge is -2.34. The number of aliphatic hydroxyl groups excluding tert-OH is 1. The van der Waals surface area contributed by atoms with Crippen molar-refractivity contribution >= 4 is 12.0 Å². The van der Waals surface area contributed by atoms with Crippen molar-refractivity contribution in [2.24, 2.45) is 5.92 Å². The van der Waals surface area contributed by atoms with E-state index in [4.69, 9.17) is 0 Å². The number of aliphatic carboxylic acids is 1. The van der Waals surface area contributed by atoms with Gasteiger partial charge in [-0.05, 0) is 31.6 Å². The number of rotatable bonds is 2. The van der Waals surface area contributed by atoms with Crippen LogP contribution in [0.4, 0.5) is 4.79 Å². The summed E-state index contributed by atoms with van der Waals surface area (Å²) in [7, 11) is 0. The molecule has 118 valence electrons. The Morgan fingerprint density at radius 1 is 1.00 bits per heavy atom. The van der Waals surface area contributed by atoms with E-state index in [1.165, 1.54) is 30.6 Å². The Balaban J connectivity index is 1.72. The molecule has 0 spiro atoms. The second-order valence-corrected chi connectivity index (χ2v) is 6.63. The molecule has 6 heteroatoms. The van der Waals surface area contributed by atoms with Crippen molar-refractivity contribution in [3.8, 4) is 0 Å². The molecule has 0 aromatic heterocycles. The standard InChI is InChI=1S/C15H24N2O4/c18-11-8-13(14(19)20)17(9-11)15(21)16-7-3-6-12(16)10-4-1-2-5-10/h10-13,18H,1-9H2,(H,19,20). The van der Waals surface area contributed by atoms with Crippen LogP contribution in [-0.2, 0) is 4.79 Å². The van der Waals surface area contributed by atoms with Gasteiger partial charge in [-0.3, -0.25) is 0 Å². The van der Waals surface area contributed by atoms with Crippen molar-refractivity contribution in [1.82, 2.24) is 9.80 Å². The fourth-order valence-electron chi connectivity index (χ4n) is 4.29. The molecule has 2 aliphatic heterocycles. The van der Waals surface area contributed by atoms with Gasteiger partial charge in [0.2, 0.25) is 0 Å². The lowest BCUT2D eigenvalue weighted by atomic mass is 9.96. The van der Waals surface area contributed by atoms with E-state index >= 15 is 0 Å². The molecule has 0 radical (unpaired) electrons. The smallest absolute Gasteiger partial charge is 0.326 e. The summed E-state index contributed by atoms with van der Waals surface area (Å²) < 4.78 is 0. The van der Waals surface area contributed by atoms with Crippen molar-refractivity contribution in [2.75, 3.05) is 13.1 Å². The zero-order valence-corrected chi connectivity index (χ0v) is 12.3. The van der Waals surface area contributed by atoms with Gasteiger partial charge in [0, 0.05) is 25.6 Å². The normalized spacial score (nSPS) is 33.9. The van der Waals surface area contributed by atoms with Crippen LogP contribution in [0.25, 0.3) is 0 Å². The summed E-state index contributed by atoms with van der Waals surface area (Å²) in [5.41, 5.74) is 0. The lowest BCUT2D eigenvalue weighted by Crippen LogP contribution is -2.51. The summed E-state index contributed by atoms with van der Waals surface area (Å²) in [6.07, 6.45) is 6.29. The minimum Gasteiger partial charge on any atom is -0.480 e. The van der Waals surface area contributed by atoms with Gasteiger partial charge in [0.25, 0.3) is 0 Å². The van der Waals surface area contributed by atoms with Crippen LogP contribution in [-0.4, -0.2) is 63.3 Å². The SMILES string of the molecule is O=C(O)C1CC(O)CN1C(=O)N1CCCC1C1CCCC1. The van der Waals surface area contributed by atoms with Crippen molar-refractivity contribution < 1.29 is 19.8 Å². The quantitative estimate of drug-likeness (QED) is 0.804. The molecule has 6 nitrogen and oxygen atoms in total. The first-order chi connectivity index (χ1) is 10.1. The van der Waals surface area contributed by atoms with E-state index in [1.54, 1.807) is 0 Å². The average Bonchev–Trinajstić information content (AvgIpc) is 3.17. The van der Waals surface area contributed by atoms with Gasteiger partial charge in [-0.15, -0.1) is 0 Å². The van der Waals surface area contributed by atoms with Crippen molar-refractivity contribution in [3.05, 3.63) is 0 Å². The van der Waals surface area contributed by atoms with Crippen LogP contribution in [0.5, 0.6) is 0 Å². The number of hydrogen-bond donors (Lipinski definition) is 2. The zero-order valence-electron chi connectivity index (χ0n) is 12.3. The molecule has 3 fully saturated rings. The van der Waals surface area contributed by atoms with Crippen LogP contribution in [0.15, 0.2) is 0 Å². The predicted molar refractivity (Wildman–Crippen MR) is 75.8 cm³/mol. The number of carboxylic acids is 1. The number of β-amino-alcohol motifs (C(OH)–C–C–N with tert-alkyl or cyclic N) is 1. The number of urea groups is 1. The second-order valence-electron chi connectivity index (χ2n) is 6.63. The van der Waals surface area contributed by atoms with Crippen molar-refractivity contribution in [2.45, 2.75) is 63.1 Å². The Hall–Kier alpha value is -1.30. The zero-order chi connectivity index (χ0) is 15.0. The summed E-state index contributed by atoms with van der Waals surface area (Å²) in [6.45, 7) is 0.864. The first-order valence-electron chi connectivity index (χ1n) is 8.06. The Labute approximate surface area is 124 Å². The molecule has 3 aliphatic rings. The highest BCUT2D eigenvalue weighted by atomic mass is 16.4. The number of carboxylic acid groups (broad SMARTS) is 1. The van der Waals surface area contributed by atoms with Gasteiger partial charge < -0.3 is 20.0 Å². The Morgan fingerprint density at radius 3 is 2.38 bits per heavy atom. The minimum atomic E-state index is -1.02. The first-order valence-corrected chi connectivity index (χ1v) is 8.06. The van der Waals surface area contributed by atoms with E-state index in [1.807, 2.05) is 4.90 Å². The molecular weight excluding hydrogens is 272 g/mol. The number of carbonyl (C=O) groups excluding carboxylic acids is 1. The second kappa shape index (κ2) is 5.83. The van der Waals surface area contributed by atoms with Gasteiger partial charge in [-0.25, -0.2) is 9.59 Å². The highest BCUT2D eigenvalue weighted by Gasteiger charge is 2.44. The Kier molecular flexibility index (Phi) is 4.06. The van der Waals surface area contributed by atoms with Crippen molar-refractivity contribution in [1.29, 1.82) is 0 Å². The molecular formula is C15H24N2O4. The number of nitrogens with zero attached hydrogens (tertiary/aromatic N) is 2.